The van der Waals surface area contributed by atoms with Crippen molar-refractivity contribution < 1.29 is 23.1 Å². The zero-order valence-corrected chi connectivity index (χ0v) is 13.5. The van der Waals surface area contributed by atoms with E-state index in [1.807, 2.05) is 0 Å². The lowest BCUT2D eigenvalue weighted by molar-refractivity contribution is -0.123. The summed E-state index contributed by atoms with van der Waals surface area (Å²) in [5.74, 6) is -1.04. The Morgan fingerprint density at radius 2 is 2.00 bits per heavy atom. The monoisotopic (exact) mass is 339 g/mol. The Kier molecular flexibility index (Phi) is 5.05. The molecule has 0 aliphatic rings. The first-order chi connectivity index (χ1) is 10.8. The molecule has 1 aromatic heterocycles. The third-order valence-corrected chi connectivity index (χ3v) is 3.34. The second-order valence-electron chi connectivity index (χ2n) is 4.99. The van der Waals surface area contributed by atoms with Crippen molar-refractivity contribution in [3.05, 3.63) is 52.2 Å². The molecule has 5 nitrogen and oxygen atoms in total. The van der Waals surface area contributed by atoms with E-state index in [1.165, 1.54) is 25.1 Å². The smallest absolute Gasteiger partial charge is 0.342 e. The average molecular weight is 340 g/mol. The number of benzene rings is 1. The fourth-order valence-corrected chi connectivity index (χ4v) is 2.10. The molecule has 0 aliphatic carbocycles. The van der Waals surface area contributed by atoms with Gasteiger partial charge in [0.25, 0.3) is 5.91 Å². The maximum atomic E-state index is 13.6. The summed E-state index contributed by atoms with van der Waals surface area (Å²) in [6.45, 7) is 4.71. The van der Waals surface area contributed by atoms with Crippen LogP contribution in [0, 0.1) is 19.7 Å². The minimum absolute atomic E-state index is 0.0439. The van der Waals surface area contributed by atoms with E-state index in [0.717, 1.165) is 6.07 Å². The minimum Gasteiger partial charge on any atom is -0.466 e. The molecule has 0 bridgehead atoms. The number of carbonyl (C=O) groups is 2. The number of amides is 1. The highest BCUT2D eigenvalue weighted by atomic mass is 35.5. The van der Waals surface area contributed by atoms with E-state index < -0.39 is 23.8 Å². The van der Waals surface area contributed by atoms with Crippen molar-refractivity contribution in [2.45, 2.75) is 26.9 Å². The number of esters is 1. The van der Waals surface area contributed by atoms with E-state index in [0.29, 0.717) is 11.5 Å². The highest BCUT2D eigenvalue weighted by Crippen LogP contribution is 2.20. The molecule has 1 atom stereocenters. The average Bonchev–Trinajstić information content (AvgIpc) is 2.80. The summed E-state index contributed by atoms with van der Waals surface area (Å²) in [6.07, 6.45) is -1.10. The Bertz CT molecular complexity index is 757. The standard InChI is InChI=1S/C16H15ClFNO4/c1-8-6-12(9(2)22-8)16(21)23-10(3)15(20)19-14-5-4-11(17)7-13(14)18/h4-7,10H,1-3H3,(H,19,20)/t10-/m0/s1. The van der Waals surface area contributed by atoms with Gasteiger partial charge in [-0.2, -0.15) is 0 Å². The van der Waals surface area contributed by atoms with Gasteiger partial charge in [0.1, 0.15) is 22.9 Å². The second-order valence-corrected chi connectivity index (χ2v) is 5.42. The summed E-state index contributed by atoms with van der Waals surface area (Å²) in [6, 6.07) is 5.37. The molecule has 23 heavy (non-hydrogen) atoms. The minimum atomic E-state index is -1.10. The zero-order valence-electron chi connectivity index (χ0n) is 12.8. The summed E-state index contributed by atoms with van der Waals surface area (Å²) in [4.78, 5) is 24.0. The van der Waals surface area contributed by atoms with E-state index in [2.05, 4.69) is 5.32 Å². The Balaban J connectivity index is 2.02. The maximum absolute atomic E-state index is 13.6. The lowest BCUT2D eigenvalue weighted by Gasteiger charge is -2.13. The number of halogens is 2. The molecule has 1 N–H and O–H groups in total. The van der Waals surface area contributed by atoms with Crippen molar-refractivity contribution in [3.8, 4) is 0 Å². The van der Waals surface area contributed by atoms with Gasteiger partial charge in [-0.15, -0.1) is 0 Å². The highest BCUT2D eigenvalue weighted by Gasteiger charge is 2.22. The predicted octanol–water partition coefficient (Wildman–Crippen LogP) is 3.87. The van der Waals surface area contributed by atoms with Crippen LogP contribution in [0.4, 0.5) is 10.1 Å². The third-order valence-electron chi connectivity index (χ3n) is 3.10. The van der Waals surface area contributed by atoms with Gasteiger partial charge in [0.05, 0.1) is 5.69 Å². The molecule has 0 aliphatic heterocycles. The molecule has 1 heterocycles. The molecule has 0 spiro atoms. The highest BCUT2D eigenvalue weighted by molar-refractivity contribution is 6.30. The van der Waals surface area contributed by atoms with E-state index in [4.69, 9.17) is 20.8 Å². The van der Waals surface area contributed by atoms with Gasteiger partial charge >= 0.3 is 5.97 Å². The number of furan rings is 1. The van der Waals surface area contributed by atoms with E-state index in [9.17, 15) is 14.0 Å². The molecule has 1 amide bonds. The molecule has 122 valence electrons. The Labute approximate surface area is 137 Å². The molecule has 0 fully saturated rings. The van der Waals surface area contributed by atoms with Gasteiger partial charge in [-0.05, 0) is 45.0 Å². The Morgan fingerprint density at radius 3 is 2.57 bits per heavy atom. The number of hydrogen-bond donors (Lipinski definition) is 1. The predicted molar refractivity (Wildman–Crippen MR) is 83.1 cm³/mol. The number of ether oxygens (including phenoxy) is 1. The fourth-order valence-electron chi connectivity index (χ4n) is 1.94. The summed E-state index contributed by atoms with van der Waals surface area (Å²) >= 11 is 5.64. The van der Waals surface area contributed by atoms with Crippen LogP contribution in [0.3, 0.4) is 0 Å². The van der Waals surface area contributed by atoms with Crippen molar-refractivity contribution in [2.24, 2.45) is 0 Å². The Morgan fingerprint density at radius 1 is 1.30 bits per heavy atom. The van der Waals surface area contributed by atoms with Crippen LogP contribution in [0.5, 0.6) is 0 Å². The van der Waals surface area contributed by atoms with Crippen LogP contribution in [0.2, 0.25) is 5.02 Å². The molecule has 0 saturated carbocycles. The molecule has 2 rings (SSSR count). The van der Waals surface area contributed by atoms with E-state index >= 15 is 0 Å². The largest absolute Gasteiger partial charge is 0.466 e. The number of nitrogens with one attached hydrogen (secondary N) is 1. The first-order valence-corrected chi connectivity index (χ1v) is 7.19. The molecule has 1 aromatic carbocycles. The molecule has 2 aromatic rings. The van der Waals surface area contributed by atoms with Gasteiger partial charge in [0.2, 0.25) is 0 Å². The van der Waals surface area contributed by atoms with Gasteiger partial charge in [-0.3, -0.25) is 4.79 Å². The van der Waals surface area contributed by atoms with Crippen LogP contribution in [0.15, 0.2) is 28.7 Å². The first kappa shape index (κ1) is 17.0. The second kappa shape index (κ2) is 6.83. The molecule has 0 unspecified atom stereocenters. The number of hydrogen-bond acceptors (Lipinski definition) is 4. The Hall–Kier alpha value is -2.34. The van der Waals surface area contributed by atoms with Crippen molar-refractivity contribution in [3.63, 3.8) is 0 Å². The van der Waals surface area contributed by atoms with Crippen molar-refractivity contribution in [2.75, 3.05) is 5.32 Å². The zero-order chi connectivity index (χ0) is 17.1. The van der Waals surface area contributed by atoms with Gasteiger partial charge in [0, 0.05) is 5.02 Å². The molecular formula is C16H15ClFNO4. The molecule has 0 radical (unpaired) electrons. The van der Waals surface area contributed by atoms with Crippen LogP contribution in [-0.4, -0.2) is 18.0 Å². The number of rotatable bonds is 4. The van der Waals surface area contributed by atoms with Crippen molar-refractivity contribution >= 4 is 29.2 Å². The lowest BCUT2D eigenvalue weighted by Crippen LogP contribution is -2.30. The van der Waals surface area contributed by atoms with Crippen LogP contribution in [0.25, 0.3) is 0 Å². The topological polar surface area (TPSA) is 68.5 Å². The molecular weight excluding hydrogens is 325 g/mol. The van der Waals surface area contributed by atoms with Crippen molar-refractivity contribution in [1.29, 1.82) is 0 Å². The van der Waals surface area contributed by atoms with Gasteiger partial charge < -0.3 is 14.5 Å². The number of anilines is 1. The summed E-state index contributed by atoms with van der Waals surface area (Å²) in [5, 5.41) is 2.55. The summed E-state index contributed by atoms with van der Waals surface area (Å²) in [5.41, 5.74) is 0.206. The van der Waals surface area contributed by atoms with Crippen LogP contribution in [0.1, 0.15) is 28.8 Å². The van der Waals surface area contributed by atoms with E-state index in [-0.39, 0.29) is 16.3 Å². The summed E-state index contributed by atoms with van der Waals surface area (Å²) in [7, 11) is 0. The van der Waals surface area contributed by atoms with Crippen LogP contribution < -0.4 is 5.32 Å². The maximum Gasteiger partial charge on any atom is 0.342 e. The van der Waals surface area contributed by atoms with Gasteiger partial charge in [0.15, 0.2) is 6.10 Å². The SMILES string of the molecule is Cc1cc(C(=O)O[C@@H](C)C(=O)Nc2ccc(Cl)cc2F)c(C)o1. The number of aryl methyl sites for hydroxylation is 2. The van der Waals surface area contributed by atoms with Crippen LogP contribution in [-0.2, 0) is 9.53 Å². The summed E-state index contributed by atoms with van der Waals surface area (Å²) < 4.78 is 23.9. The third kappa shape index (κ3) is 4.10. The van der Waals surface area contributed by atoms with Crippen LogP contribution >= 0.6 is 11.6 Å². The molecule has 7 heteroatoms. The molecule has 0 saturated heterocycles. The normalized spacial score (nSPS) is 11.9. The van der Waals surface area contributed by atoms with Gasteiger partial charge in [-0.25, -0.2) is 9.18 Å². The van der Waals surface area contributed by atoms with Gasteiger partial charge in [-0.1, -0.05) is 11.6 Å². The van der Waals surface area contributed by atoms with Crippen molar-refractivity contribution in [1.82, 2.24) is 0 Å². The quantitative estimate of drug-likeness (QED) is 0.858. The lowest BCUT2D eigenvalue weighted by atomic mass is 10.2. The first-order valence-electron chi connectivity index (χ1n) is 6.82. The number of carbonyl (C=O) groups excluding carboxylic acids is 2. The fraction of sp³-hybridized carbons (Fsp3) is 0.250. The van der Waals surface area contributed by atoms with E-state index in [1.54, 1.807) is 13.8 Å².